The summed E-state index contributed by atoms with van der Waals surface area (Å²) in [4.78, 5) is 11.0. The number of fused-ring (bicyclic) bond motifs is 1. The van der Waals surface area contributed by atoms with E-state index in [9.17, 15) is 18.0 Å². The SMILES string of the molecule is O=c1[nH]nc2c(c1C(F)(F)F)CCC2. The maximum Gasteiger partial charge on any atom is 0.422 e. The van der Waals surface area contributed by atoms with Gasteiger partial charge < -0.3 is 0 Å². The summed E-state index contributed by atoms with van der Waals surface area (Å²) >= 11 is 0. The van der Waals surface area contributed by atoms with Crippen molar-refractivity contribution in [1.29, 1.82) is 0 Å². The molecule has 0 unspecified atom stereocenters. The monoisotopic (exact) mass is 204 g/mol. The van der Waals surface area contributed by atoms with Gasteiger partial charge in [0.1, 0.15) is 5.56 Å². The highest BCUT2D eigenvalue weighted by Gasteiger charge is 2.39. The molecule has 1 aliphatic rings. The minimum absolute atomic E-state index is 0.0706. The predicted molar refractivity (Wildman–Crippen MR) is 41.9 cm³/mol. The van der Waals surface area contributed by atoms with Gasteiger partial charge in [-0.05, 0) is 24.8 Å². The number of H-pyrrole nitrogens is 1. The van der Waals surface area contributed by atoms with Gasteiger partial charge in [0.15, 0.2) is 0 Å². The first kappa shape index (κ1) is 9.23. The summed E-state index contributed by atoms with van der Waals surface area (Å²) in [7, 11) is 0. The molecule has 76 valence electrons. The quantitative estimate of drug-likeness (QED) is 0.691. The second-order valence-corrected chi connectivity index (χ2v) is 3.20. The molecule has 0 fully saturated rings. The first-order chi connectivity index (χ1) is 6.50. The van der Waals surface area contributed by atoms with E-state index < -0.39 is 17.3 Å². The first-order valence-electron chi connectivity index (χ1n) is 4.18. The fourth-order valence-corrected chi connectivity index (χ4v) is 1.73. The van der Waals surface area contributed by atoms with Crippen LogP contribution < -0.4 is 5.56 Å². The molecule has 6 heteroatoms. The van der Waals surface area contributed by atoms with E-state index in [1.165, 1.54) is 0 Å². The van der Waals surface area contributed by atoms with E-state index in [-0.39, 0.29) is 5.56 Å². The second kappa shape index (κ2) is 2.83. The van der Waals surface area contributed by atoms with E-state index in [1.807, 2.05) is 5.10 Å². The third-order valence-corrected chi connectivity index (χ3v) is 2.29. The molecule has 0 aromatic carbocycles. The van der Waals surface area contributed by atoms with Crippen molar-refractivity contribution in [3.8, 4) is 0 Å². The van der Waals surface area contributed by atoms with Gasteiger partial charge in [-0.2, -0.15) is 18.3 Å². The number of nitrogens with one attached hydrogen (secondary N) is 1. The number of aromatic amines is 1. The normalized spacial score (nSPS) is 15.6. The Balaban J connectivity index is 2.70. The molecule has 0 spiro atoms. The van der Waals surface area contributed by atoms with E-state index in [0.29, 0.717) is 25.0 Å². The summed E-state index contributed by atoms with van der Waals surface area (Å²) in [5, 5.41) is 5.48. The van der Waals surface area contributed by atoms with Crippen molar-refractivity contribution >= 4 is 0 Å². The zero-order chi connectivity index (χ0) is 10.3. The lowest BCUT2D eigenvalue weighted by Crippen LogP contribution is -2.25. The van der Waals surface area contributed by atoms with Crippen LogP contribution in [0.1, 0.15) is 23.2 Å². The fraction of sp³-hybridized carbons (Fsp3) is 0.500. The lowest BCUT2D eigenvalue weighted by atomic mass is 10.1. The highest BCUT2D eigenvalue weighted by molar-refractivity contribution is 5.33. The minimum atomic E-state index is -4.58. The van der Waals surface area contributed by atoms with E-state index in [0.717, 1.165) is 0 Å². The Morgan fingerprint density at radius 1 is 1.29 bits per heavy atom. The van der Waals surface area contributed by atoms with Gasteiger partial charge >= 0.3 is 6.18 Å². The second-order valence-electron chi connectivity index (χ2n) is 3.20. The molecule has 2 rings (SSSR count). The molecule has 1 N–H and O–H groups in total. The maximum absolute atomic E-state index is 12.5. The Morgan fingerprint density at radius 2 is 2.00 bits per heavy atom. The molecule has 0 amide bonds. The van der Waals surface area contributed by atoms with Crippen LogP contribution in [-0.2, 0) is 19.0 Å². The molecule has 0 saturated heterocycles. The van der Waals surface area contributed by atoms with Crippen LogP contribution in [0.15, 0.2) is 4.79 Å². The maximum atomic E-state index is 12.5. The third-order valence-electron chi connectivity index (χ3n) is 2.29. The zero-order valence-electron chi connectivity index (χ0n) is 7.11. The van der Waals surface area contributed by atoms with Gasteiger partial charge in [-0.1, -0.05) is 0 Å². The van der Waals surface area contributed by atoms with Gasteiger partial charge in [0.25, 0.3) is 5.56 Å². The number of hydrogen-bond acceptors (Lipinski definition) is 2. The zero-order valence-corrected chi connectivity index (χ0v) is 7.11. The molecule has 3 nitrogen and oxygen atoms in total. The number of aryl methyl sites for hydroxylation is 1. The molecule has 0 aliphatic heterocycles. The van der Waals surface area contributed by atoms with E-state index in [4.69, 9.17) is 0 Å². The Morgan fingerprint density at radius 3 is 2.64 bits per heavy atom. The topological polar surface area (TPSA) is 45.8 Å². The minimum Gasteiger partial charge on any atom is -0.267 e. The smallest absolute Gasteiger partial charge is 0.267 e. The van der Waals surface area contributed by atoms with Gasteiger partial charge in [-0.15, -0.1) is 0 Å². The molecule has 14 heavy (non-hydrogen) atoms. The number of rotatable bonds is 0. The molecule has 0 bridgehead atoms. The Bertz CT molecular complexity index is 422. The number of aromatic nitrogens is 2. The van der Waals surface area contributed by atoms with Crippen LogP contribution in [0.25, 0.3) is 0 Å². The van der Waals surface area contributed by atoms with E-state index >= 15 is 0 Å². The van der Waals surface area contributed by atoms with Crippen molar-refractivity contribution in [3.63, 3.8) is 0 Å². The number of halogens is 3. The molecule has 1 aromatic rings. The summed E-state index contributed by atoms with van der Waals surface area (Å²) in [5.41, 5.74) is -1.77. The van der Waals surface area contributed by atoms with E-state index in [1.54, 1.807) is 0 Å². The number of alkyl halides is 3. The number of hydrogen-bond donors (Lipinski definition) is 1. The molecule has 0 atom stereocenters. The van der Waals surface area contributed by atoms with Gasteiger partial charge in [0.2, 0.25) is 0 Å². The lowest BCUT2D eigenvalue weighted by molar-refractivity contribution is -0.139. The van der Waals surface area contributed by atoms with Crippen molar-refractivity contribution in [3.05, 3.63) is 27.2 Å². The molecular weight excluding hydrogens is 197 g/mol. The van der Waals surface area contributed by atoms with Crippen LogP contribution in [0.2, 0.25) is 0 Å². The summed E-state index contributed by atoms with van der Waals surface area (Å²) in [5.74, 6) is 0. The summed E-state index contributed by atoms with van der Waals surface area (Å²) in [6.07, 6.45) is -3.15. The van der Waals surface area contributed by atoms with Crippen LogP contribution in [0.5, 0.6) is 0 Å². The highest BCUT2D eigenvalue weighted by Crippen LogP contribution is 2.33. The van der Waals surface area contributed by atoms with Crippen LogP contribution in [0.3, 0.4) is 0 Å². The highest BCUT2D eigenvalue weighted by atomic mass is 19.4. The summed E-state index contributed by atoms with van der Waals surface area (Å²) in [6, 6.07) is 0. The summed E-state index contributed by atoms with van der Waals surface area (Å²) in [6.45, 7) is 0. The van der Waals surface area contributed by atoms with Crippen molar-refractivity contribution in [1.82, 2.24) is 10.2 Å². The molecule has 1 aliphatic carbocycles. The van der Waals surface area contributed by atoms with Gasteiger partial charge in [0.05, 0.1) is 5.69 Å². The van der Waals surface area contributed by atoms with Crippen LogP contribution in [0.4, 0.5) is 13.2 Å². The third kappa shape index (κ3) is 1.30. The Labute approximate surface area is 77.0 Å². The molecule has 0 saturated carbocycles. The van der Waals surface area contributed by atoms with Gasteiger partial charge in [-0.3, -0.25) is 4.79 Å². The van der Waals surface area contributed by atoms with Crippen molar-refractivity contribution in [2.75, 3.05) is 0 Å². The average Bonchev–Trinajstić information content (AvgIpc) is 2.48. The summed E-state index contributed by atoms with van der Waals surface area (Å²) < 4.78 is 37.4. The van der Waals surface area contributed by atoms with Crippen LogP contribution >= 0.6 is 0 Å². The average molecular weight is 204 g/mol. The fourth-order valence-electron chi connectivity index (χ4n) is 1.73. The molecule has 0 radical (unpaired) electrons. The van der Waals surface area contributed by atoms with Crippen molar-refractivity contribution in [2.24, 2.45) is 0 Å². The molecular formula is C8H7F3N2O. The van der Waals surface area contributed by atoms with Gasteiger partial charge in [-0.25, -0.2) is 5.10 Å². The number of nitrogens with zero attached hydrogens (tertiary/aromatic N) is 1. The van der Waals surface area contributed by atoms with Crippen molar-refractivity contribution < 1.29 is 13.2 Å². The van der Waals surface area contributed by atoms with E-state index in [2.05, 4.69) is 5.10 Å². The largest absolute Gasteiger partial charge is 0.422 e. The van der Waals surface area contributed by atoms with Crippen LogP contribution in [0, 0.1) is 0 Å². The van der Waals surface area contributed by atoms with Crippen LogP contribution in [-0.4, -0.2) is 10.2 Å². The standard InChI is InChI=1S/C8H7F3N2O/c9-8(10,11)6-4-2-1-3-5(4)12-13-7(6)14/h1-3H2,(H,13,14). The molecule has 1 heterocycles. The predicted octanol–water partition coefficient (Wildman–Crippen LogP) is 1.28. The Kier molecular flexibility index (Phi) is 1.87. The first-order valence-corrected chi connectivity index (χ1v) is 4.18. The van der Waals surface area contributed by atoms with Gasteiger partial charge in [0, 0.05) is 0 Å². The molecule has 1 aromatic heterocycles. The Hall–Kier alpha value is -1.33. The van der Waals surface area contributed by atoms with Crippen molar-refractivity contribution in [2.45, 2.75) is 25.4 Å². The lowest BCUT2D eigenvalue weighted by Gasteiger charge is -2.09.